The third-order valence-electron chi connectivity index (χ3n) is 6.95. The molecule has 0 radical (unpaired) electrons. The normalized spacial score (nSPS) is 19.8. The Hall–Kier alpha value is -3.10. The van der Waals surface area contributed by atoms with Gasteiger partial charge in [-0.25, -0.2) is 4.98 Å². The number of likely N-dealkylation sites (N-methyl/N-ethyl adjacent to an activating group) is 1. The predicted octanol–water partition coefficient (Wildman–Crippen LogP) is 3.88. The van der Waals surface area contributed by atoms with Crippen LogP contribution in [0.3, 0.4) is 0 Å². The standard InChI is InChI=1S/C25H30ClN5O.CH2O2/c1-16-4-7-22-23(12-16)28-24(27-22)20-13-18(5-6-21(20)26)30-10-8-17(14-30)25(32)31-11-9-19(15-31)29(2)3;2-1-3/h4-7,12-13,17,19H,8-11,14-15H2,1-3H3,(H,27,28);1H,(H,2,3). The van der Waals surface area contributed by atoms with Gasteiger partial charge in [-0.3, -0.25) is 9.59 Å². The van der Waals surface area contributed by atoms with E-state index in [4.69, 9.17) is 26.5 Å². The number of carboxylic acid groups (broad SMARTS) is 1. The summed E-state index contributed by atoms with van der Waals surface area (Å²) in [5, 5.41) is 7.56. The van der Waals surface area contributed by atoms with E-state index >= 15 is 0 Å². The number of carbonyl (C=O) groups is 2. The lowest BCUT2D eigenvalue weighted by Crippen LogP contribution is -2.38. The highest BCUT2D eigenvalue weighted by molar-refractivity contribution is 6.33. The lowest BCUT2D eigenvalue weighted by atomic mass is 10.1. The van der Waals surface area contributed by atoms with Gasteiger partial charge in [0.15, 0.2) is 0 Å². The van der Waals surface area contributed by atoms with Crippen LogP contribution in [-0.2, 0) is 9.59 Å². The first-order valence-corrected chi connectivity index (χ1v) is 12.2. The zero-order valence-corrected chi connectivity index (χ0v) is 21.1. The number of hydrogen-bond donors (Lipinski definition) is 2. The molecule has 2 fully saturated rings. The van der Waals surface area contributed by atoms with Gasteiger partial charge in [0.25, 0.3) is 6.47 Å². The van der Waals surface area contributed by atoms with E-state index in [2.05, 4.69) is 58.9 Å². The molecule has 2 atom stereocenters. The maximum absolute atomic E-state index is 13.1. The number of H-pyrrole nitrogens is 1. The minimum absolute atomic E-state index is 0.0595. The smallest absolute Gasteiger partial charge is 0.290 e. The summed E-state index contributed by atoms with van der Waals surface area (Å²) in [4.78, 5) is 36.2. The van der Waals surface area contributed by atoms with Crippen molar-refractivity contribution < 1.29 is 14.7 Å². The van der Waals surface area contributed by atoms with E-state index in [9.17, 15) is 4.79 Å². The average molecular weight is 498 g/mol. The molecule has 2 N–H and O–H groups in total. The summed E-state index contributed by atoms with van der Waals surface area (Å²) in [7, 11) is 4.19. The molecule has 5 rings (SSSR count). The number of aryl methyl sites for hydroxylation is 1. The SMILES string of the molecule is Cc1ccc2nc(-c3cc(N4CCC(C(=O)N5CCC(N(C)C)C5)C4)ccc3Cl)[nH]c2c1.O=CO. The summed E-state index contributed by atoms with van der Waals surface area (Å²) in [6, 6.07) is 12.7. The summed E-state index contributed by atoms with van der Waals surface area (Å²) in [5.74, 6) is 1.14. The molecule has 1 amide bonds. The van der Waals surface area contributed by atoms with Crippen molar-refractivity contribution in [2.75, 3.05) is 45.2 Å². The van der Waals surface area contributed by atoms with Crippen LogP contribution in [0.4, 0.5) is 5.69 Å². The van der Waals surface area contributed by atoms with Crippen molar-refractivity contribution in [1.82, 2.24) is 19.8 Å². The molecule has 8 nitrogen and oxygen atoms in total. The van der Waals surface area contributed by atoms with Crippen LogP contribution in [0.2, 0.25) is 5.02 Å². The number of halogens is 1. The highest BCUT2D eigenvalue weighted by Gasteiger charge is 2.35. The summed E-state index contributed by atoms with van der Waals surface area (Å²) in [6.07, 6.45) is 1.95. The topological polar surface area (TPSA) is 92.8 Å². The quantitative estimate of drug-likeness (QED) is 0.531. The number of anilines is 1. The van der Waals surface area contributed by atoms with E-state index < -0.39 is 0 Å². The van der Waals surface area contributed by atoms with Crippen molar-refractivity contribution in [2.45, 2.75) is 25.8 Å². The predicted molar refractivity (Wildman–Crippen MR) is 139 cm³/mol. The summed E-state index contributed by atoms with van der Waals surface area (Å²) in [6.45, 7) is 5.17. The van der Waals surface area contributed by atoms with Crippen LogP contribution < -0.4 is 4.90 Å². The molecule has 186 valence electrons. The van der Waals surface area contributed by atoms with Crippen LogP contribution in [-0.4, -0.2) is 83.6 Å². The van der Waals surface area contributed by atoms with Crippen molar-refractivity contribution in [2.24, 2.45) is 5.92 Å². The number of amides is 1. The van der Waals surface area contributed by atoms with Crippen LogP contribution in [0.1, 0.15) is 18.4 Å². The van der Waals surface area contributed by atoms with Crippen LogP contribution in [0.15, 0.2) is 36.4 Å². The van der Waals surface area contributed by atoms with Gasteiger partial charge in [-0.15, -0.1) is 0 Å². The lowest BCUT2D eigenvalue weighted by Gasteiger charge is -2.23. The molecule has 2 aromatic carbocycles. The molecule has 0 saturated carbocycles. The summed E-state index contributed by atoms with van der Waals surface area (Å²) < 4.78 is 0. The first kappa shape index (κ1) is 25.0. The van der Waals surface area contributed by atoms with E-state index in [-0.39, 0.29) is 12.4 Å². The van der Waals surface area contributed by atoms with Gasteiger partial charge in [-0.05, 0) is 69.8 Å². The Morgan fingerprint density at radius 3 is 2.66 bits per heavy atom. The van der Waals surface area contributed by atoms with Gasteiger partial charge < -0.3 is 24.8 Å². The van der Waals surface area contributed by atoms with Crippen LogP contribution in [0.25, 0.3) is 22.4 Å². The Morgan fingerprint density at radius 2 is 1.94 bits per heavy atom. The second-order valence-electron chi connectivity index (χ2n) is 9.50. The molecule has 1 aromatic heterocycles. The van der Waals surface area contributed by atoms with Crippen molar-refractivity contribution in [1.29, 1.82) is 0 Å². The van der Waals surface area contributed by atoms with Crippen LogP contribution >= 0.6 is 11.6 Å². The molecule has 2 aliphatic rings. The first-order valence-electron chi connectivity index (χ1n) is 11.8. The third-order valence-corrected chi connectivity index (χ3v) is 7.28. The number of fused-ring (bicyclic) bond motifs is 1. The fourth-order valence-corrected chi connectivity index (χ4v) is 5.17. The zero-order chi connectivity index (χ0) is 25.1. The highest BCUT2D eigenvalue weighted by atomic mass is 35.5. The zero-order valence-electron chi connectivity index (χ0n) is 20.4. The Bertz CT molecular complexity index is 1210. The molecule has 2 aliphatic heterocycles. The number of imidazole rings is 1. The Labute approximate surface area is 210 Å². The molecule has 0 bridgehead atoms. The summed E-state index contributed by atoms with van der Waals surface area (Å²) in [5.41, 5.74) is 5.11. The third kappa shape index (κ3) is 5.44. The molecule has 0 aliphatic carbocycles. The molecule has 3 aromatic rings. The molecule has 35 heavy (non-hydrogen) atoms. The molecule has 9 heteroatoms. The molecule has 2 saturated heterocycles. The number of nitrogens with one attached hydrogen (secondary N) is 1. The molecular weight excluding hydrogens is 466 g/mol. The van der Waals surface area contributed by atoms with Gasteiger partial charge in [0.05, 0.1) is 22.0 Å². The van der Waals surface area contributed by atoms with Crippen LogP contribution in [0.5, 0.6) is 0 Å². The lowest BCUT2D eigenvalue weighted by molar-refractivity contribution is -0.134. The van der Waals surface area contributed by atoms with Gasteiger partial charge in [0, 0.05) is 43.5 Å². The number of benzene rings is 2. The van der Waals surface area contributed by atoms with Crippen LogP contribution in [0, 0.1) is 12.8 Å². The van der Waals surface area contributed by atoms with Gasteiger partial charge in [-0.1, -0.05) is 17.7 Å². The van der Waals surface area contributed by atoms with Gasteiger partial charge in [0.1, 0.15) is 5.82 Å². The van der Waals surface area contributed by atoms with Gasteiger partial charge in [0.2, 0.25) is 5.91 Å². The number of carbonyl (C=O) groups excluding carboxylic acids is 1. The van der Waals surface area contributed by atoms with Gasteiger partial charge in [-0.2, -0.15) is 0 Å². The second kappa shape index (κ2) is 10.7. The van der Waals surface area contributed by atoms with Crippen molar-refractivity contribution >= 4 is 40.7 Å². The number of aromatic nitrogens is 2. The number of likely N-dealkylation sites (tertiary alicyclic amines) is 1. The van der Waals surface area contributed by atoms with Crippen molar-refractivity contribution in [3.8, 4) is 11.4 Å². The van der Waals surface area contributed by atoms with E-state index in [0.29, 0.717) is 17.0 Å². The van der Waals surface area contributed by atoms with Crippen molar-refractivity contribution in [3.63, 3.8) is 0 Å². The Kier molecular flexibility index (Phi) is 7.62. The minimum atomic E-state index is -0.250. The second-order valence-corrected chi connectivity index (χ2v) is 9.90. The van der Waals surface area contributed by atoms with Crippen molar-refractivity contribution in [3.05, 3.63) is 47.0 Å². The number of rotatable bonds is 4. The summed E-state index contributed by atoms with van der Waals surface area (Å²) >= 11 is 6.56. The molecule has 3 heterocycles. The average Bonchev–Trinajstić information content (AvgIpc) is 3.58. The number of aromatic amines is 1. The first-order chi connectivity index (χ1) is 16.8. The maximum atomic E-state index is 13.1. The fraction of sp³-hybridized carbons (Fsp3) is 0.423. The molecular formula is C26H32ClN5O3. The number of hydrogen-bond acceptors (Lipinski definition) is 5. The Balaban J connectivity index is 0.000000917. The van der Waals surface area contributed by atoms with Gasteiger partial charge >= 0.3 is 0 Å². The minimum Gasteiger partial charge on any atom is -0.483 e. The highest BCUT2D eigenvalue weighted by Crippen LogP contribution is 2.34. The van der Waals surface area contributed by atoms with E-state index in [1.165, 1.54) is 5.56 Å². The maximum Gasteiger partial charge on any atom is 0.290 e. The number of nitrogens with zero attached hydrogens (tertiary/aromatic N) is 4. The Morgan fingerprint density at radius 1 is 1.17 bits per heavy atom. The van der Waals surface area contributed by atoms with E-state index in [0.717, 1.165) is 67.1 Å². The molecule has 2 unspecified atom stereocenters. The largest absolute Gasteiger partial charge is 0.483 e. The monoisotopic (exact) mass is 497 g/mol. The molecule has 0 spiro atoms. The fourth-order valence-electron chi connectivity index (χ4n) is 4.96. The van der Waals surface area contributed by atoms with E-state index in [1.54, 1.807) is 0 Å². The van der Waals surface area contributed by atoms with E-state index in [1.807, 2.05) is 18.2 Å².